The fourth-order valence-electron chi connectivity index (χ4n) is 2.92. The quantitative estimate of drug-likeness (QED) is 0.906. The number of amides is 2. The number of imidazole rings is 1. The SMILES string of the molecule is CN(CC1CCCCO1)C(=O)NCc1ccc(-n2ccnc2)c(F)c1. The van der Waals surface area contributed by atoms with Crippen LogP contribution in [0.4, 0.5) is 9.18 Å². The minimum absolute atomic E-state index is 0.108. The fraction of sp³-hybridized carbons (Fsp3) is 0.444. The predicted octanol–water partition coefficient (Wildman–Crippen LogP) is 2.72. The highest BCUT2D eigenvalue weighted by Crippen LogP contribution is 2.15. The van der Waals surface area contributed by atoms with E-state index in [1.165, 1.54) is 6.07 Å². The van der Waals surface area contributed by atoms with Crippen molar-refractivity contribution in [1.29, 1.82) is 0 Å². The van der Waals surface area contributed by atoms with Gasteiger partial charge in [0.05, 0.1) is 18.1 Å². The molecular formula is C18H23FN4O2. The van der Waals surface area contributed by atoms with Crippen LogP contribution in [0.2, 0.25) is 0 Å². The smallest absolute Gasteiger partial charge is 0.317 e. The molecule has 1 unspecified atom stereocenters. The largest absolute Gasteiger partial charge is 0.376 e. The Morgan fingerprint density at radius 3 is 3.04 bits per heavy atom. The number of hydrogen-bond donors (Lipinski definition) is 1. The maximum Gasteiger partial charge on any atom is 0.317 e. The van der Waals surface area contributed by atoms with Gasteiger partial charge in [0.25, 0.3) is 0 Å². The highest BCUT2D eigenvalue weighted by molar-refractivity contribution is 5.73. The highest BCUT2D eigenvalue weighted by Gasteiger charge is 2.18. The Bertz CT molecular complexity index is 699. The third-order valence-corrected chi connectivity index (χ3v) is 4.34. The molecule has 134 valence electrons. The average Bonchev–Trinajstić information content (AvgIpc) is 3.15. The fourth-order valence-corrected chi connectivity index (χ4v) is 2.92. The third kappa shape index (κ3) is 4.57. The Kier molecular flexibility index (Phi) is 5.65. The number of benzene rings is 1. The first-order valence-electron chi connectivity index (χ1n) is 8.51. The normalized spacial score (nSPS) is 17.3. The summed E-state index contributed by atoms with van der Waals surface area (Å²) in [6.45, 7) is 1.61. The molecule has 6 nitrogen and oxygen atoms in total. The summed E-state index contributed by atoms with van der Waals surface area (Å²) in [4.78, 5) is 17.7. The van der Waals surface area contributed by atoms with E-state index in [1.807, 2.05) is 0 Å². The standard InChI is InChI=1S/C18H23FN4O2/c1-22(12-15-4-2-3-9-25-15)18(24)21-11-14-5-6-17(16(19)10-14)23-8-7-20-13-23/h5-8,10,13,15H,2-4,9,11-12H2,1H3,(H,21,24). The van der Waals surface area contributed by atoms with E-state index in [1.54, 1.807) is 47.4 Å². The Labute approximate surface area is 146 Å². The maximum atomic E-state index is 14.2. The lowest BCUT2D eigenvalue weighted by Crippen LogP contribution is -2.42. The molecule has 3 rings (SSSR count). The molecule has 0 saturated carbocycles. The second kappa shape index (κ2) is 8.11. The molecule has 7 heteroatoms. The summed E-state index contributed by atoms with van der Waals surface area (Å²) in [7, 11) is 1.75. The molecule has 2 heterocycles. The van der Waals surface area contributed by atoms with E-state index in [-0.39, 0.29) is 24.5 Å². The van der Waals surface area contributed by atoms with Crippen molar-refractivity contribution in [1.82, 2.24) is 19.8 Å². The Morgan fingerprint density at radius 1 is 1.48 bits per heavy atom. The van der Waals surface area contributed by atoms with E-state index < -0.39 is 0 Å². The first kappa shape index (κ1) is 17.4. The molecule has 1 aromatic carbocycles. The van der Waals surface area contributed by atoms with Crippen LogP contribution in [0.1, 0.15) is 24.8 Å². The molecule has 0 radical (unpaired) electrons. The molecule has 2 amide bonds. The van der Waals surface area contributed by atoms with Crippen LogP contribution in [0.3, 0.4) is 0 Å². The predicted molar refractivity (Wildman–Crippen MR) is 92.0 cm³/mol. The number of carbonyl (C=O) groups is 1. The van der Waals surface area contributed by atoms with Crippen molar-refractivity contribution < 1.29 is 13.9 Å². The van der Waals surface area contributed by atoms with Gasteiger partial charge in [-0.15, -0.1) is 0 Å². The molecule has 1 N–H and O–H groups in total. The number of urea groups is 1. The minimum atomic E-state index is -0.353. The molecule has 0 spiro atoms. The summed E-state index contributed by atoms with van der Waals surface area (Å²) in [5.74, 6) is -0.353. The van der Waals surface area contributed by atoms with Gasteiger partial charge in [-0.05, 0) is 37.0 Å². The van der Waals surface area contributed by atoms with Crippen molar-refractivity contribution in [3.8, 4) is 5.69 Å². The molecule has 1 fully saturated rings. The van der Waals surface area contributed by atoms with Crippen LogP contribution < -0.4 is 5.32 Å². The molecule has 2 aromatic rings. The van der Waals surface area contributed by atoms with Gasteiger partial charge in [-0.3, -0.25) is 0 Å². The summed E-state index contributed by atoms with van der Waals surface area (Å²) in [6, 6.07) is 4.72. The highest BCUT2D eigenvalue weighted by atomic mass is 19.1. The molecule has 1 saturated heterocycles. The third-order valence-electron chi connectivity index (χ3n) is 4.34. The number of ether oxygens (including phenoxy) is 1. The van der Waals surface area contributed by atoms with Gasteiger partial charge in [0.15, 0.2) is 0 Å². The molecular weight excluding hydrogens is 323 g/mol. The number of rotatable bonds is 5. The van der Waals surface area contributed by atoms with Crippen molar-refractivity contribution in [3.63, 3.8) is 0 Å². The lowest BCUT2D eigenvalue weighted by molar-refractivity contribution is 0.00385. The average molecular weight is 346 g/mol. The van der Waals surface area contributed by atoms with Gasteiger partial charge in [0, 0.05) is 39.1 Å². The molecule has 1 aliphatic rings. The Balaban J connectivity index is 1.52. The first-order valence-corrected chi connectivity index (χ1v) is 8.51. The Hall–Kier alpha value is -2.41. The topological polar surface area (TPSA) is 59.4 Å². The number of nitrogens with zero attached hydrogens (tertiary/aromatic N) is 3. The zero-order chi connectivity index (χ0) is 17.6. The number of carbonyl (C=O) groups excluding carboxylic acids is 1. The molecule has 0 bridgehead atoms. The van der Waals surface area contributed by atoms with Gasteiger partial charge in [-0.25, -0.2) is 14.2 Å². The number of halogens is 1. The summed E-state index contributed by atoms with van der Waals surface area (Å²) in [5, 5.41) is 2.82. The number of aromatic nitrogens is 2. The van der Waals surface area contributed by atoms with Crippen LogP contribution in [-0.4, -0.2) is 46.8 Å². The molecule has 1 atom stereocenters. The number of hydrogen-bond acceptors (Lipinski definition) is 3. The monoisotopic (exact) mass is 346 g/mol. The van der Waals surface area contributed by atoms with Crippen molar-refractivity contribution >= 4 is 6.03 Å². The molecule has 1 aromatic heterocycles. The van der Waals surface area contributed by atoms with Crippen LogP contribution in [-0.2, 0) is 11.3 Å². The van der Waals surface area contributed by atoms with E-state index in [2.05, 4.69) is 10.3 Å². The maximum absolute atomic E-state index is 14.2. The molecule has 0 aliphatic carbocycles. The number of likely N-dealkylation sites (N-methyl/N-ethyl adjacent to an activating group) is 1. The van der Waals surface area contributed by atoms with Crippen molar-refractivity contribution in [3.05, 3.63) is 48.3 Å². The lowest BCUT2D eigenvalue weighted by atomic mass is 10.1. The van der Waals surface area contributed by atoms with E-state index in [4.69, 9.17) is 4.74 Å². The van der Waals surface area contributed by atoms with Crippen molar-refractivity contribution in [2.75, 3.05) is 20.2 Å². The van der Waals surface area contributed by atoms with E-state index in [0.29, 0.717) is 17.8 Å². The van der Waals surface area contributed by atoms with Crippen LogP contribution >= 0.6 is 0 Å². The van der Waals surface area contributed by atoms with Crippen LogP contribution in [0.15, 0.2) is 36.9 Å². The van der Waals surface area contributed by atoms with Gasteiger partial charge in [0.2, 0.25) is 0 Å². The summed E-state index contributed by atoms with van der Waals surface area (Å²) in [6.07, 6.45) is 8.15. The van der Waals surface area contributed by atoms with E-state index in [9.17, 15) is 9.18 Å². The van der Waals surface area contributed by atoms with E-state index in [0.717, 1.165) is 25.9 Å². The second-order valence-corrected chi connectivity index (χ2v) is 6.28. The molecule has 1 aliphatic heterocycles. The van der Waals surface area contributed by atoms with Gasteiger partial charge >= 0.3 is 6.03 Å². The van der Waals surface area contributed by atoms with Gasteiger partial charge in [-0.1, -0.05) is 6.07 Å². The zero-order valence-electron chi connectivity index (χ0n) is 14.3. The van der Waals surface area contributed by atoms with Crippen LogP contribution in [0, 0.1) is 5.82 Å². The van der Waals surface area contributed by atoms with Gasteiger partial charge in [0.1, 0.15) is 5.82 Å². The molecule has 25 heavy (non-hydrogen) atoms. The van der Waals surface area contributed by atoms with Crippen LogP contribution in [0.5, 0.6) is 0 Å². The zero-order valence-corrected chi connectivity index (χ0v) is 14.3. The second-order valence-electron chi connectivity index (χ2n) is 6.28. The summed E-state index contributed by atoms with van der Waals surface area (Å²) < 4.78 is 21.5. The minimum Gasteiger partial charge on any atom is -0.376 e. The van der Waals surface area contributed by atoms with Crippen molar-refractivity contribution in [2.45, 2.75) is 31.9 Å². The first-order chi connectivity index (χ1) is 12.1. The van der Waals surface area contributed by atoms with Crippen LogP contribution in [0.25, 0.3) is 5.69 Å². The number of nitrogens with one attached hydrogen (secondary N) is 1. The Morgan fingerprint density at radius 2 is 2.36 bits per heavy atom. The van der Waals surface area contributed by atoms with Crippen molar-refractivity contribution in [2.24, 2.45) is 0 Å². The van der Waals surface area contributed by atoms with Gasteiger partial charge in [-0.2, -0.15) is 0 Å². The van der Waals surface area contributed by atoms with E-state index >= 15 is 0 Å². The lowest BCUT2D eigenvalue weighted by Gasteiger charge is -2.27. The summed E-state index contributed by atoms with van der Waals surface area (Å²) >= 11 is 0. The summed E-state index contributed by atoms with van der Waals surface area (Å²) in [5.41, 5.74) is 1.14. The van der Waals surface area contributed by atoms with Gasteiger partial charge < -0.3 is 19.5 Å².